The highest BCUT2D eigenvalue weighted by molar-refractivity contribution is 7.87. The molecule has 1 aromatic rings. The van der Waals surface area contributed by atoms with Gasteiger partial charge in [-0.25, -0.2) is 4.72 Å². The average Bonchev–Trinajstić information content (AvgIpc) is 2.28. The normalized spacial score (nSPS) is 11.9. The van der Waals surface area contributed by atoms with E-state index in [0.29, 0.717) is 25.3 Å². The minimum Gasteiger partial charge on any atom is -0.399 e. The maximum Gasteiger partial charge on any atom is 0.279 e. The Hall–Kier alpha value is -1.11. The number of hydrogen-bond donors (Lipinski definition) is 2. The molecule has 0 bridgehead atoms. The van der Waals surface area contributed by atoms with Gasteiger partial charge in [-0.2, -0.15) is 12.7 Å². The van der Waals surface area contributed by atoms with E-state index in [1.165, 1.54) is 4.31 Å². The van der Waals surface area contributed by atoms with E-state index in [4.69, 9.17) is 5.73 Å². The van der Waals surface area contributed by atoms with Crippen LogP contribution in [0.25, 0.3) is 0 Å². The van der Waals surface area contributed by atoms with Crippen molar-refractivity contribution in [3.8, 4) is 0 Å². The zero-order valence-electron chi connectivity index (χ0n) is 10.2. The van der Waals surface area contributed by atoms with Crippen molar-refractivity contribution in [2.24, 2.45) is 0 Å². The molecule has 0 fully saturated rings. The molecule has 0 aliphatic carbocycles. The van der Waals surface area contributed by atoms with Gasteiger partial charge in [-0.1, -0.05) is 26.0 Å². The smallest absolute Gasteiger partial charge is 0.279 e. The Kier molecular flexibility index (Phi) is 4.92. The fourth-order valence-electron chi connectivity index (χ4n) is 1.47. The van der Waals surface area contributed by atoms with Crippen molar-refractivity contribution >= 4 is 15.9 Å². The van der Waals surface area contributed by atoms with Crippen molar-refractivity contribution in [1.82, 2.24) is 9.03 Å². The minimum absolute atomic E-state index is 0.353. The number of rotatable bonds is 6. The van der Waals surface area contributed by atoms with E-state index in [0.717, 1.165) is 5.56 Å². The number of nitrogens with zero attached hydrogens (tertiary/aromatic N) is 1. The van der Waals surface area contributed by atoms with Crippen LogP contribution < -0.4 is 10.5 Å². The molecular weight excluding hydrogens is 238 g/mol. The van der Waals surface area contributed by atoms with Crippen LogP contribution in [0.5, 0.6) is 0 Å². The molecule has 0 spiro atoms. The van der Waals surface area contributed by atoms with Crippen LogP contribution in [0.4, 0.5) is 5.69 Å². The van der Waals surface area contributed by atoms with Crippen LogP contribution in [0.1, 0.15) is 19.4 Å². The summed E-state index contributed by atoms with van der Waals surface area (Å²) in [5.41, 5.74) is 7.17. The van der Waals surface area contributed by atoms with Crippen molar-refractivity contribution in [2.75, 3.05) is 18.8 Å². The van der Waals surface area contributed by atoms with E-state index in [1.54, 1.807) is 19.1 Å². The van der Waals surface area contributed by atoms with E-state index < -0.39 is 10.2 Å². The molecule has 0 aliphatic rings. The van der Waals surface area contributed by atoms with Gasteiger partial charge in [0.2, 0.25) is 0 Å². The number of benzene rings is 1. The maximum absolute atomic E-state index is 11.8. The molecule has 0 heterocycles. The second-order valence-electron chi connectivity index (χ2n) is 3.67. The third-order valence-corrected chi connectivity index (χ3v) is 4.08. The second kappa shape index (κ2) is 6.00. The van der Waals surface area contributed by atoms with Gasteiger partial charge in [-0.05, 0) is 17.7 Å². The van der Waals surface area contributed by atoms with Crippen LogP contribution in [-0.4, -0.2) is 25.8 Å². The molecular formula is C11H19N3O2S. The molecule has 0 unspecified atom stereocenters. The molecule has 1 rings (SSSR count). The lowest BCUT2D eigenvalue weighted by molar-refractivity contribution is 0.415. The Morgan fingerprint density at radius 2 is 1.82 bits per heavy atom. The molecule has 5 nitrogen and oxygen atoms in total. The highest BCUT2D eigenvalue weighted by atomic mass is 32.2. The van der Waals surface area contributed by atoms with Crippen LogP contribution >= 0.6 is 0 Å². The largest absolute Gasteiger partial charge is 0.399 e. The minimum atomic E-state index is -3.38. The van der Waals surface area contributed by atoms with Gasteiger partial charge >= 0.3 is 0 Å². The monoisotopic (exact) mass is 257 g/mol. The van der Waals surface area contributed by atoms with Crippen LogP contribution in [-0.2, 0) is 16.8 Å². The lowest BCUT2D eigenvalue weighted by Crippen LogP contribution is -2.40. The van der Waals surface area contributed by atoms with E-state index >= 15 is 0 Å². The fourth-order valence-corrected chi connectivity index (χ4v) is 2.67. The number of nitrogen functional groups attached to an aromatic ring is 1. The van der Waals surface area contributed by atoms with E-state index in [2.05, 4.69) is 4.72 Å². The summed E-state index contributed by atoms with van der Waals surface area (Å²) < 4.78 is 27.5. The molecule has 96 valence electrons. The number of nitrogens with one attached hydrogen (secondary N) is 1. The number of hydrogen-bond acceptors (Lipinski definition) is 3. The third kappa shape index (κ3) is 3.99. The van der Waals surface area contributed by atoms with Gasteiger partial charge in [0, 0.05) is 25.3 Å². The lowest BCUT2D eigenvalue weighted by Gasteiger charge is -2.20. The van der Waals surface area contributed by atoms with Crippen LogP contribution in [0.15, 0.2) is 24.3 Å². The molecule has 17 heavy (non-hydrogen) atoms. The topological polar surface area (TPSA) is 75.4 Å². The standard InChI is InChI=1S/C11H19N3O2S/c1-3-13-17(15,16)14(4-2)9-10-5-7-11(12)8-6-10/h5-8,13H,3-4,9,12H2,1-2H3. The van der Waals surface area contributed by atoms with Crippen molar-refractivity contribution in [3.05, 3.63) is 29.8 Å². The van der Waals surface area contributed by atoms with Crippen molar-refractivity contribution in [2.45, 2.75) is 20.4 Å². The Labute approximate surface area is 103 Å². The Morgan fingerprint density at radius 3 is 2.29 bits per heavy atom. The van der Waals surface area contributed by atoms with Gasteiger partial charge in [0.15, 0.2) is 0 Å². The summed E-state index contributed by atoms with van der Waals surface area (Å²) in [5, 5.41) is 0. The lowest BCUT2D eigenvalue weighted by atomic mass is 10.2. The van der Waals surface area contributed by atoms with Gasteiger partial charge < -0.3 is 5.73 Å². The zero-order chi connectivity index (χ0) is 12.9. The summed E-state index contributed by atoms with van der Waals surface area (Å²) in [6.45, 7) is 4.74. The molecule has 0 aliphatic heterocycles. The molecule has 0 aromatic heterocycles. The van der Waals surface area contributed by atoms with Gasteiger partial charge in [-0.15, -0.1) is 0 Å². The Balaban J connectivity index is 2.80. The fraction of sp³-hybridized carbons (Fsp3) is 0.455. The molecule has 0 saturated heterocycles. The van der Waals surface area contributed by atoms with Crippen molar-refractivity contribution in [3.63, 3.8) is 0 Å². The molecule has 6 heteroatoms. The maximum atomic E-state index is 11.8. The van der Waals surface area contributed by atoms with Crippen LogP contribution in [0.3, 0.4) is 0 Å². The molecule has 0 saturated carbocycles. The van der Waals surface area contributed by atoms with Gasteiger partial charge in [0.25, 0.3) is 10.2 Å². The predicted molar refractivity (Wildman–Crippen MR) is 69.5 cm³/mol. The first-order valence-electron chi connectivity index (χ1n) is 5.58. The Bertz CT molecular complexity index is 442. The first kappa shape index (κ1) is 14.0. The quantitative estimate of drug-likeness (QED) is 0.745. The first-order chi connectivity index (χ1) is 7.99. The van der Waals surface area contributed by atoms with Crippen molar-refractivity contribution in [1.29, 1.82) is 0 Å². The molecule has 3 N–H and O–H groups in total. The highest BCUT2D eigenvalue weighted by Crippen LogP contribution is 2.10. The summed E-state index contributed by atoms with van der Waals surface area (Å²) in [7, 11) is -3.38. The SMILES string of the molecule is CCNS(=O)(=O)N(CC)Cc1ccc(N)cc1. The van der Waals surface area contributed by atoms with Crippen molar-refractivity contribution < 1.29 is 8.42 Å². The summed E-state index contributed by atoms with van der Waals surface area (Å²) in [4.78, 5) is 0. The first-order valence-corrected chi connectivity index (χ1v) is 7.02. The molecule has 0 atom stereocenters. The van der Waals surface area contributed by atoms with E-state index in [1.807, 2.05) is 19.1 Å². The molecule has 0 amide bonds. The number of anilines is 1. The summed E-state index contributed by atoms with van der Waals surface area (Å²) in [5.74, 6) is 0. The van der Waals surface area contributed by atoms with Crippen LogP contribution in [0.2, 0.25) is 0 Å². The summed E-state index contributed by atoms with van der Waals surface area (Å²) in [6, 6.07) is 7.20. The second-order valence-corrected chi connectivity index (χ2v) is 5.43. The van der Waals surface area contributed by atoms with E-state index in [-0.39, 0.29) is 0 Å². The molecule has 1 aromatic carbocycles. The Morgan fingerprint density at radius 1 is 1.24 bits per heavy atom. The van der Waals surface area contributed by atoms with Gasteiger partial charge in [0.1, 0.15) is 0 Å². The predicted octanol–water partition coefficient (Wildman–Crippen LogP) is 0.945. The zero-order valence-corrected chi connectivity index (χ0v) is 11.0. The van der Waals surface area contributed by atoms with Gasteiger partial charge in [-0.3, -0.25) is 0 Å². The number of nitrogens with two attached hydrogens (primary N) is 1. The summed E-state index contributed by atoms with van der Waals surface area (Å²) >= 11 is 0. The third-order valence-electron chi connectivity index (χ3n) is 2.36. The molecule has 0 radical (unpaired) electrons. The average molecular weight is 257 g/mol. The van der Waals surface area contributed by atoms with Crippen LogP contribution in [0, 0.1) is 0 Å². The van der Waals surface area contributed by atoms with E-state index in [9.17, 15) is 8.42 Å². The summed E-state index contributed by atoms with van der Waals surface area (Å²) in [6.07, 6.45) is 0. The van der Waals surface area contributed by atoms with Gasteiger partial charge in [0.05, 0.1) is 0 Å². The highest BCUT2D eigenvalue weighted by Gasteiger charge is 2.18.